The van der Waals surface area contributed by atoms with E-state index in [0.717, 1.165) is 58.2 Å². The third-order valence-electron chi connectivity index (χ3n) is 5.43. The van der Waals surface area contributed by atoms with Gasteiger partial charge < -0.3 is 4.74 Å². The van der Waals surface area contributed by atoms with Crippen LogP contribution in [0.2, 0.25) is 0 Å². The molecule has 31 heavy (non-hydrogen) atoms. The molecule has 0 aliphatic carbocycles. The van der Waals surface area contributed by atoms with E-state index in [1.807, 2.05) is 51.8 Å². The molecule has 1 aliphatic heterocycles. The lowest BCUT2D eigenvalue weighted by Gasteiger charge is -2.21. The van der Waals surface area contributed by atoms with Gasteiger partial charge in [-0.25, -0.2) is 19.2 Å². The van der Waals surface area contributed by atoms with Gasteiger partial charge in [0.05, 0.1) is 11.2 Å². The van der Waals surface area contributed by atoms with Crippen LogP contribution >= 0.6 is 11.3 Å². The second kappa shape index (κ2) is 7.72. The van der Waals surface area contributed by atoms with Gasteiger partial charge in [0.2, 0.25) is 0 Å². The van der Waals surface area contributed by atoms with Crippen LogP contribution in [0.4, 0.5) is 0 Å². The number of hydrogen-bond acceptors (Lipinski definition) is 6. The molecule has 5 heterocycles. The summed E-state index contributed by atoms with van der Waals surface area (Å²) in [6.07, 6.45) is 6.88. The van der Waals surface area contributed by atoms with Crippen molar-refractivity contribution in [3.05, 3.63) is 67.1 Å². The van der Waals surface area contributed by atoms with Crippen molar-refractivity contribution >= 4 is 16.9 Å². The first-order valence-electron chi connectivity index (χ1n) is 10.4. The summed E-state index contributed by atoms with van der Waals surface area (Å²) in [4.78, 5) is 10.5. The SMILES string of the molecule is c1ccc(-c2nc(-c3cc4ccccn4n3)sc2-c2ncn(C3CCCCO3)n2)cc1. The van der Waals surface area contributed by atoms with Crippen LogP contribution in [0, 0.1) is 0 Å². The van der Waals surface area contributed by atoms with Crippen LogP contribution in [0.5, 0.6) is 0 Å². The Morgan fingerprint density at radius 2 is 1.90 bits per heavy atom. The molecule has 0 N–H and O–H groups in total. The maximum Gasteiger partial charge on any atom is 0.193 e. The Morgan fingerprint density at radius 1 is 1.00 bits per heavy atom. The topological polar surface area (TPSA) is 70.1 Å². The molecule has 1 aliphatic rings. The Kier molecular flexibility index (Phi) is 4.58. The fourth-order valence-electron chi connectivity index (χ4n) is 3.87. The summed E-state index contributed by atoms with van der Waals surface area (Å²) < 4.78 is 9.58. The lowest BCUT2D eigenvalue weighted by atomic mass is 10.1. The highest BCUT2D eigenvalue weighted by molar-refractivity contribution is 7.18. The Balaban J connectivity index is 1.45. The first kappa shape index (κ1) is 18.4. The fraction of sp³-hybridized carbons (Fsp3) is 0.217. The molecule has 0 radical (unpaired) electrons. The van der Waals surface area contributed by atoms with Crippen molar-refractivity contribution in [2.24, 2.45) is 0 Å². The summed E-state index contributed by atoms with van der Waals surface area (Å²) in [5.41, 5.74) is 3.79. The van der Waals surface area contributed by atoms with Crippen LogP contribution in [-0.4, -0.2) is 36.0 Å². The van der Waals surface area contributed by atoms with E-state index in [2.05, 4.69) is 23.2 Å². The van der Waals surface area contributed by atoms with E-state index in [4.69, 9.17) is 19.9 Å². The van der Waals surface area contributed by atoms with Crippen molar-refractivity contribution in [1.82, 2.24) is 29.4 Å². The quantitative estimate of drug-likeness (QED) is 0.399. The molecular formula is C23H20N6OS. The van der Waals surface area contributed by atoms with E-state index >= 15 is 0 Å². The molecule has 8 heteroatoms. The number of hydrogen-bond donors (Lipinski definition) is 0. The first-order chi connectivity index (χ1) is 15.3. The Hall–Kier alpha value is -3.36. The zero-order chi connectivity index (χ0) is 20.6. The van der Waals surface area contributed by atoms with Gasteiger partial charge in [-0.3, -0.25) is 0 Å². The van der Waals surface area contributed by atoms with Crippen molar-refractivity contribution in [2.75, 3.05) is 6.61 Å². The van der Waals surface area contributed by atoms with Crippen LogP contribution < -0.4 is 0 Å². The van der Waals surface area contributed by atoms with Gasteiger partial charge in [0.25, 0.3) is 0 Å². The van der Waals surface area contributed by atoms with Crippen LogP contribution in [0.3, 0.4) is 0 Å². The summed E-state index contributed by atoms with van der Waals surface area (Å²) in [7, 11) is 0. The highest BCUT2D eigenvalue weighted by Crippen LogP contribution is 2.39. The smallest absolute Gasteiger partial charge is 0.193 e. The van der Waals surface area contributed by atoms with Crippen molar-refractivity contribution in [1.29, 1.82) is 0 Å². The van der Waals surface area contributed by atoms with E-state index < -0.39 is 0 Å². The molecule has 1 unspecified atom stereocenters. The van der Waals surface area contributed by atoms with Crippen LogP contribution in [0.15, 0.2) is 67.1 Å². The number of fused-ring (bicyclic) bond motifs is 1. The number of benzene rings is 1. The van der Waals surface area contributed by atoms with Gasteiger partial charge >= 0.3 is 0 Å². The molecule has 5 aromatic rings. The van der Waals surface area contributed by atoms with Crippen molar-refractivity contribution in [3.8, 4) is 32.7 Å². The lowest BCUT2D eigenvalue weighted by Crippen LogP contribution is -2.18. The standard InChI is InChI=1S/C23H20N6OS/c1-2-8-16(9-3-1)20-21(22-24-15-29(27-22)19-11-5-7-13-30-19)31-23(25-20)18-14-17-10-4-6-12-28(17)26-18/h1-4,6,8-10,12,14-15,19H,5,7,11,13H2. The number of pyridine rings is 1. The summed E-state index contributed by atoms with van der Waals surface area (Å²) in [5, 5.41) is 10.3. The molecule has 0 saturated carbocycles. The van der Waals surface area contributed by atoms with Crippen LogP contribution in [-0.2, 0) is 4.74 Å². The molecule has 4 aromatic heterocycles. The van der Waals surface area contributed by atoms with Gasteiger partial charge in [-0.05, 0) is 37.5 Å². The third-order valence-corrected chi connectivity index (χ3v) is 6.50. The molecule has 0 amide bonds. The number of thiazole rings is 1. The molecule has 1 fully saturated rings. The summed E-state index contributed by atoms with van der Waals surface area (Å²) >= 11 is 1.57. The van der Waals surface area contributed by atoms with Gasteiger partial charge in [0, 0.05) is 18.4 Å². The van der Waals surface area contributed by atoms with Gasteiger partial charge in [-0.2, -0.15) is 5.10 Å². The maximum atomic E-state index is 5.87. The number of ether oxygens (including phenoxy) is 1. The molecule has 154 valence electrons. The van der Waals surface area contributed by atoms with Crippen LogP contribution in [0.1, 0.15) is 25.5 Å². The normalized spacial score (nSPS) is 16.7. The molecule has 0 spiro atoms. The summed E-state index contributed by atoms with van der Waals surface area (Å²) in [5.74, 6) is 0.667. The minimum absolute atomic E-state index is 0.0407. The minimum Gasteiger partial charge on any atom is -0.356 e. The highest BCUT2D eigenvalue weighted by atomic mass is 32.1. The fourth-order valence-corrected chi connectivity index (χ4v) is 4.85. The molecule has 1 aromatic carbocycles. The third kappa shape index (κ3) is 3.43. The van der Waals surface area contributed by atoms with E-state index in [0.29, 0.717) is 5.82 Å². The second-order valence-corrected chi connectivity index (χ2v) is 8.53. The van der Waals surface area contributed by atoms with Gasteiger partial charge in [-0.1, -0.05) is 36.4 Å². The molecular weight excluding hydrogens is 408 g/mol. The Bertz CT molecular complexity index is 1300. The molecule has 0 bridgehead atoms. The van der Waals surface area contributed by atoms with Gasteiger partial charge in [0.1, 0.15) is 21.9 Å². The number of rotatable bonds is 4. The minimum atomic E-state index is -0.0407. The molecule has 6 rings (SSSR count). The lowest BCUT2D eigenvalue weighted by molar-refractivity contribution is -0.0395. The van der Waals surface area contributed by atoms with E-state index in [-0.39, 0.29) is 6.23 Å². The van der Waals surface area contributed by atoms with E-state index in [1.165, 1.54) is 0 Å². The van der Waals surface area contributed by atoms with Crippen LogP contribution in [0.25, 0.3) is 38.2 Å². The number of aromatic nitrogens is 6. The maximum absolute atomic E-state index is 5.87. The predicted molar refractivity (Wildman–Crippen MR) is 120 cm³/mol. The summed E-state index contributed by atoms with van der Waals surface area (Å²) in [6, 6.07) is 18.2. The Morgan fingerprint density at radius 3 is 2.74 bits per heavy atom. The average molecular weight is 429 g/mol. The Labute approximate surface area is 183 Å². The predicted octanol–water partition coefficient (Wildman–Crippen LogP) is 5.08. The molecule has 1 saturated heterocycles. The first-order valence-corrected chi connectivity index (χ1v) is 11.2. The molecule has 7 nitrogen and oxygen atoms in total. The monoisotopic (exact) mass is 428 g/mol. The van der Waals surface area contributed by atoms with Crippen molar-refractivity contribution in [2.45, 2.75) is 25.5 Å². The second-order valence-electron chi connectivity index (χ2n) is 7.53. The molecule has 1 atom stereocenters. The van der Waals surface area contributed by atoms with Crippen molar-refractivity contribution in [3.63, 3.8) is 0 Å². The van der Waals surface area contributed by atoms with Gasteiger partial charge in [-0.15, -0.1) is 16.4 Å². The summed E-state index contributed by atoms with van der Waals surface area (Å²) in [6.45, 7) is 0.772. The highest BCUT2D eigenvalue weighted by Gasteiger charge is 2.23. The van der Waals surface area contributed by atoms with E-state index in [9.17, 15) is 0 Å². The van der Waals surface area contributed by atoms with Gasteiger partial charge in [0.15, 0.2) is 12.1 Å². The number of nitrogens with zero attached hydrogens (tertiary/aromatic N) is 6. The zero-order valence-electron chi connectivity index (χ0n) is 16.8. The van der Waals surface area contributed by atoms with Crippen molar-refractivity contribution < 1.29 is 4.74 Å². The zero-order valence-corrected chi connectivity index (χ0v) is 17.6. The van der Waals surface area contributed by atoms with E-state index in [1.54, 1.807) is 17.7 Å². The average Bonchev–Trinajstić information content (AvgIpc) is 3.57. The largest absolute Gasteiger partial charge is 0.356 e.